The molecular weight excluding hydrogens is 404 g/mol. The van der Waals surface area contributed by atoms with E-state index in [2.05, 4.69) is 5.32 Å². The minimum Gasteiger partial charge on any atom is -0.452 e. The Hall–Kier alpha value is -2.87. The second-order valence-electron chi connectivity index (χ2n) is 7.51. The van der Waals surface area contributed by atoms with Crippen molar-refractivity contribution >= 4 is 27.6 Å². The highest BCUT2D eigenvalue weighted by atomic mass is 32.2. The highest BCUT2D eigenvalue weighted by molar-refractivity contribution is 7.92. The third kappa shape index (κ3) is 5.82. The number of anilines is 1. The molecule has 0 radical (unpaired) electrons. The van der Waals surface area contributed by atoms with Crippen LogP contribution in [0.15, 0.2) is 53.4 Å². The lowest BCUT2D eigenvalue weighted by Gasteiger charge is -2.20. The molecular formula is C22H28N2O5S. The van der Waals surface area contributed by atoms with E-state index >= 15 is 0 Å². The summed E-state index contributed by atoms with van der Waals surface area (Å²) in [5.41, 5.74) is 1.57. The van der Waals surface area contributed by atoms with E-state index in [9.17, 15) is 18.0 Å². The number of carbonyl (C=O) groups is 2. The van der Waals surface area contributed by atoms with Gasteiger partial charge < -0.3 is 10.1 Å². The molecule has 0 saturated carbocycles. The third-order valence-corrected chi connectivity index (χ3v) is 6.63. The van der Waals surface area contributed by atoms with Gasteiger partial charge in [-0.1, -0.05) is 37.6 Å². The van der Waals surface area contributed by atoms with Gasteiger partial charge >= 0.3 is 5.97 Å². The summed E-state index contributed by atoms with van der Waals surface area (Å²) < 4.78 is 32.1. The largest absolute Gasteiger partial charge is 0.452 e. The Kier molecular flexibility index (Phi) is 7.61. The first kappa shape index (κ1) is 23.4. The molecule has 8 heteroatoms. The lowest BCUT2D eigenvalue weighted by molar-refractivity contribution is -0.125. The standard InChI is InChI=1S/C22H28N2O5S/c1-15(2)17(4)23-21(25)14-29-22(26)18-7-6-8-20(13-18)30(27,28)24(5)19-11-9-16(3)10-12-19/h6-13,15,17H,14H2,1-5H3,(H,23,25)/t17-/m0/s1. The number of aryl methyl sites for hydroxylation is 1. The molecule has 0 fully saturated rings. The molecule has 162 valence electrons. The Morgan fingerprint density at radius 2 is 1.70 bits per heavy atom. The van der Waals surface area contributed by atoms with Crippen LogP contribution in [0, 0.1) is 12.8 Å². The van der Waals surface area contributed by atoms with Gasteiger partial charge in [0.05, 0.1) is 16.1 Å². The van der Waals surface area contributed by atoms with Gasteiger partial charge in [0.1, 0.15) is 0 Å². The van der Waals surface area contributed by atoms with E-state index < -0.39 is 28.5 Å². The van der Waals surface area contributed by atoms with Gasteiger partial charge in [-0.15, -0.1) is 0 Å². The zero-order chi connectivity index (χ0) is 22.5. The van der Waals surface area contributed by atoms with Crippen molar-refractivity contribution in [1.82, 2.24) is 5.32 Å². The molecule has 1 N–H and O–H groups in total. The number of rotatable bonds is 8. The van der Waals surface area contributed by atoms with Gasteiger partial charge in [-0.25, -0.2) is 13.2 Å². The summed E-state index contributed by atoms with van der Waals surface area (Å²) in [5, 5.41) is 2.74. The van der Waals surface area contributed by atoms with Crippen molar-refractivity contribution in [3.8, 4) is 0 Å². The Labute approximate surface area is 178 Å². The molecule has 0 saturated heterocycles. The number of hydrogen-bond acceptors (Lipinski definition) is 5. The number of benzene rings is 2. The van der Waals surface area contributed by atoms with Crippen LogP contribution in [-0.4, -0.2) is 40.0 Å². The van der Waals surface area contributed by atoms with Gasteiger partial charge in [-0.3, -0.25) is 9.10 Å². The van der Waals surface area contributed by atoms with Gasteiger partial charge in [0.25, 0.3) is 15.9 Å². The monoisotopic (exact) mass is 432 g/mol. The maximum atomic E-state index is 13.0. The number of carbonyl (C=O) groups excluding carboxylic acids is 2. The fourth-order valence-corrected chi connectivity index (χ4v) is 3.75. The van der Waals surface area contributed by atoms with E-state index in [1.54, 1.807) is 12.1 Å². The molecule has 2 aromatic carbocycles. The van der Waals surface area contributed by atoms with E-state index in [1.165, 1.54) is 31.3 Å². The minimum absolute atomic E-state index is 0.0436. The minimum atomic E-state index is -3.87. The van der Waals surface area contributed by atoms with Gasteiger partial charge in [0.15, 0.2) is 6.61 Å². The van der Waals surface area contributed by atoms with Crippen LogP contribution in [0.4, 0.5) is 5.69 Å². The number of nitrogens with zero attached hydrogens (tertiary/aromatic N) is 1. The van der Waals surface area contributed by atoms with Crippen LogP contribution in [0.5, 0.6) is 0 Å². The molecule has 0 heterocycles. The molecule has 0 unspecified atom stereocenters. The molecule has 30 heavy (non-hydrogen) atoms. The third-order valence-electron chi connectivity index (χ3n) is 4.85. The molecule has 1 amide bonds. The smallest absolute Gasteiger partial charge is 0.338 e. The number of sulfonamides is 1. The summed E-state index contributed by atoms with van der Waals surface area (Å²) in [6.45, 7) is 7.28. The van der Waals surface area contributed by atoms with Crippen molar-refractivity contribution in [3.63, 3.8) is 0 Å². The van der Waals surface area contributed by atoms with E-state index in [-0.39, 0.29) is 22.4 Å². The molecule has 0 aliphatic carbocycles. The Balaban J connectivity index is 2.12. The molecule has 0 aliphatic heterocycles. The van der Waals surface area contributed by atoms with Gasteiger partial charge in [-0.05, 0) is 50.1 Å². The van der Waals surface area contributed by atoms with E-state index in [0.29, 0.717) is 5.69 Å². The average Bonchev–Trinajstić information content (AvgIpc) is 2.72. The summed E-state index contributed by atoms with van der Waals surface area (Å²) in [5.74, 6) is -0.929. The summed E-state index contributed by atoms with van der Waals surface area (Å²) in [6, 6.07) is 12.6. The fraction of sp³-hybridized carbons (Fsp3) is 0.364. The summed E-state index contributed by atoms with van der Waals surface area (Å²) in [4.78, 5) is 24.2. The molecule has 7 nitrogen and oxygen atoms in total. The number of ether oxygens (including phenoxy) is 1. The van der Waals surface area contributed by atoms with Crippen LogP contribution < -0.4 is 9.62 Å². The van der Waals surface area contributed by atoms with Crippen molar-refractivity contribution in [1.29, 1.82) is 0 Å². The Morgan fingerprint density at radius 3 is 2.30 bits per heavy atom. The predicted octanol–water partition coefficient (Wildman–Crippen LogP) is 3.14. The highest BCUT2D eigenvalue weighted by Crippen LogP contribution is 2.23. The second kappa shape index (κ2) is 9.75. The quantitative estimate of drug-likeness (QED) is 0.647. The fourth-order valence-electron chi connectivity index (χ4n) is 2.51. The Morgan fingerprint density at radius 1 is 1.07 bits per heavy atom. The van der Waals surface area contributed by atoms with E-state index in [0.717, 1.165) is 9.87 Å². The molecule has 0 aliphatic rings. The first-order valence-electron chi connectivity index (χ1n) is 9.64. The van der Waals surface area contributed by atoms with Crippen LogP contribution in [0.3, 0.4) is 0 Å². The van der Waals surface area contributed by atoms with Crippen LogP contribution in [-0.2, 0) is 19.6 Å². The van der Waals surface area contributed by atoms with E-state index in [4.69, 9.17) is 4.74 Å². The topological polar surface area (TPSA) is 92.8 Å². The first-order chi connectivity index (χ1) is 14.0. The normalized spacial score (nSPS) is 12.3. The summed E-state index contributed by atoms with van der Waals surface area (Å²) in [6.07, 6.45) is 0. The van der Waals surface area contributed by atoms with Crippen LogP contribution in [0.25, 0.3) is 0 Å². The van der Waals surface area contributed by atoms with Gasteiger partial charge in [-0.2, -0.15) is 0 Å². The van der Waals surface area contributed by atoms with Crippen LogP contribution >= 0.6 is 0 Å². The van der Waals surface area contributed by atoms with Gasteiger partial charge in [0, 0.05) is 13.1 Å². The summed E-state index contributed by atoms with van der Waals surface area (Å²) >= 11 is 0. The van der Waals surface area contributed by atoms with Gasteiger partial charge in [0.2, 0.25) is 0 Å². The van der Waals surface area contributed by atoms with Crippen LogP contribution in [0.1, 0.15) is 36.7 Å². The first-order valence-corrected chi connectivity index (χ1v) is 11.1. The predicted molar refractivity (Wildman–Crippen MR) is 116 cm³/mol. The molecule has 2 rings (SSSR count). The lowest BCUT2D eigenvalue weighted by atomic mass is 10.1. The second-order valence-corrected chi connectivity index (χ2v) is 9.48. The number of nitrogens with one attached hydrogen (secondary N) is 1. The Bertz CT molecular complexity index is 1000. The number of esters is 1. The average molecular weight is 433 g/mol. The summed E-state index contributed by atoms with van der Waals surface area (Å²) in [7, 11) is -2.42. The molecule has 2 aromatic rings. The van der Waals surface area contributed by atoms with Crippen molar-refractivity contribution < 1.29 is 22.7 Å². The van der Waals surface area contributed by atoms with Crippen molar-refractivity contribution in [2.45, 2.75) is 38.6 Å². The zero-order valence-corrected chi connectivity index (χ0v) is 18.7. The number of amides is 1. The SMILES string of the molecule is Cc1ccc(N(C)S(=O)(=O)c2cccc(C(=O)OCC(=O)N[C@@H](C)C(C)C)c2)cc1. The van der Waals surface area contributed by atoms with Crippen LogP contribution in [0.2, 0.25) is 0 Å². The van der Waals surface area contributed by atoms with Crippen molar-refractivity contribution in [2.24, 2.45) is 5.92 Å². The molecule has 0 bridgehead atoms. The van der Waals surface area contributed by atoms with Crippen molar-refractivity contribution in [3.05, 3.63) is 59.7 Å². The highest BCUT2D eigenvalue weighted by Gasteiger charge is 2.23. The van der Waals surface area contributed by atoms with E-state index in [1.807, 2.05) is 39.8 Å². The zero-order valence-electron chi connectivity index (χ0n) is 17.9. The number of hydrogen-bond donors (Lipinski definition) is 1. The maximum absolute atomic E-state index is 13.0. The molecule has 1 atom stereocenters. The lowest BCUT2D eigenvalue weighted by Crippen LogP contribution is -2.38. The molecule has 0 spiro atoms. The maximum Gasteiger partial charge on any atom is 0.338 e. The molecule has 0 aromatic heterocycles. The van der Waals surface area contributed by atoms with Crippen molar-refractivity contribution in [2.75, 3.05) is 18.0 Å².